The number of rotatable bonds is 11. The third kappa shape index (κ3) is 7.95. The monoisotopic (exact) mass is 420 g/mol. The number of nitrogens with zero attached hydrogens (tertiary/aromatic N) is 2. The lowest BCUT2D eigenvalue weighted by molar-refractivity contribution is 0.273. The van der Waals surface area contributed by atoms with Crippen LogP contribution in [0.3, 0.4) is 0 Å². The average Bonchev–Trinajstić information content (AvgIpc) is 2.69. The van der Waals surface area contributed by atoms with E-state index in [9.17, 15) is 8.42 Å². The number of benzene rings is 2. The molecule has 2 aromatic rings. The third-order valence-corrected chi connectivity index (χ3v) is 7.45. The first-order valence-electron chi connectivity index (χ1n) is 9.62. The number of hydrogen-bond acceptors (Lipinski definition) is 4. The molecule has 4 nitrogen and oxygen atoms in total. The molecule has 0 radical (unpaired) electrons. The van der Waals surface area contributed by atoms with Crippen molar-refractivity contribution in [2.45, 2.75) is 23.6 Å². The van der Waals surface area contributed by atoms with E-state index in [1.165, 1.54) is 11.1 Å². The third-order valence-electron chi connectivity index (χ3n) is 4.75. The molecular weight excluding hydrogens is 388 g/mol. The Morgan fingerprint density at radius 1 is 0.607 bits per heavy atom. The molecule has 2 atom stereocenters. The number of hydrogen-bond donors (Lipinski definition) is 0. The largest absolute Gasteiger partial charge is 0.304 e. The molecule has 0 aliphatic carbocycles. The quantitative estimate of drug-likeness (QED) is 0.560. The minimum atomic E-state index is -0.955. The van der Waals surface area contributed by atoms with Gasteiger partial charge in [-0.2, -0.15) is 0 Å². The van der Waals surface area contributed by atoms with Crippen LogP contribution in [0.1, 0.15) is 11.1 Å². The molecule has 0 aliphatic heterocycles. The van der Waals surface area contributed by atoms with Crippen molar-refractivity contribution < 1.29 is 8.42 Å². The van der Waals surface area contributed by atoms with Gasteiger partial charge in [0.15, 0.2) is 0 Å². The normalized spacial score (nSPS) is 13.8. The Morgan fingerprint density at radius 3 is 1.25 bits per heavy atom. The summed E-state index contributed by atoms with van der Waals surface area (Å²) in [5.41, 5.74) is 2.37. The second-order valence-corrected chi connectivity index (χ2v) is 10.5. The van der Waals surface area contributed by atoms with E-state index in [1.54, 1.807) is 0 Å². The summed E-state index contributed by atoms with van der Waals surface area (Å²) in [6.45, 7) is 7.46. The Kier molecular flexibility index (Phi) is 9.51. The molecule has 0 fully saturated rings. The summed E-state index contributed by atoms with van der Waals surface area (Å²) < 4.78 is 24.7. The molecule has 0 aromatic heterocycles. The highest BCUT2D eigenvalue weighted by atomic mass is 32.2. The summed E-state index contributed by atoms with van der Waals surface area (Å²) in [5, 5.41) is 0. The van der Waals surface area contributed by atoms with E-state index < -0.39 is 21.6 Å². The van der Waals surface area contributed by atoms with Gasteiger partial charge in [0.1, 0.15) is 0 Å². The molecule has 0 N–H and O–H groups in total. The molecule has 0 aliphatic rings. The van der Waals surface area contributed by atoms with Gasteiger partial charge in [0.2, 0.25) is 0 Å². The van der Waals surface area contributed by atoms with Crippen LogP contribution in [0.25, 0.3) is 0 Å². The lowest BCUT2D eigenvalue weighted by atomic mass is 10.2. The van der Waals surface area contributed by atoms with Crippen molar-refractivity contribution >= 4 is 21.6 Å². The lowest BCUT2D eigenvalue weighted by Gasteiger charge is -2.21. The lowest BCUT2D eigenvalue weighted by Crippen LogP contribution is -2.34. The van der Waals surface area contributed by atoms with Gasteiger partial charge in [-0.25, -0.2) is 0 Å². The molecule has 6 heteroatoms. The van der Waals surface area contributed by atoms with Crippen LogP contribution in [-0.2, 0) is 21.6 Å². The summed E-state index contributed by atoms with van der Waals surface area (Å²) in [5.74, 6) is 1.28. The summed E-state index contributed by atoms with van der Waals surface area (Å²) >= 11 is 0. The molecule has 0 heterocycles. The zero-order valence-electron chi connectivity index (χ0n) is 17.4. The molecular formula is C22H32N2O2S2. The molecule has 2 aromatic carbocycles. The topological polar surface area (TPSA) is 40.6 Å². The summed E-state index contributed by atoms with van der Waals surface area (Å²) in [6.07, 6.45) is 0. The highest BCUT2D eigenvalue weighted by Crippen LogP contribution is 2.09. The fourth-order valence-electron chi connectivity index (χ4n) is 2.66. The van der Waals surface area contributed by atoms with Crippen molar-refractivity contribution in [3.63, 3.8) is 0 Å². The zero-order chi connectivity index (χ0) is 20.5. The Labute approximate surface area is 174 Å². The minimum Gasteiger partial charge on any atom is -0.304 e. The standard InChI is InChI=1S/C22H32N2O2S2/c1-19-5-9-21(10-6-19)27(25)17-15-23(3)13-14-24(4)16-18-28(26)22-11-7-20(2)8-12-22/h5-12H,13-18H2,1-4H3. The number of aryl methyl sites for hydroxylation is 2. The molecule has 154 valence electrons. The van der Waals surface area contributed by atoms with Crippen LogP contribution in [0.2, 0.25) is 0 Å². The van der Waals surface area contributed by atoms with E-state index in [2.05, 4.69) is 23.9 Å². The maximum atomic E-state index is 12.4. The number of likely N-dealkylation sites (N-methyl/N-ethyl adjacent to an activating group) is 2. The average molecular weight is 421 g/mol. The van der Waals surface area contributed by atoms with Crippen LogP contribution in [0.4, 0.5) is 0 Å². The van der Waals surface area contributed by atoms with Crippen LogP contribution in [0.5, 0.6) is 0 Å². The van der Waals surface area contributed by atoms with Crippen molar-refractivity contribution in [2.75, 3.05) is 51.8 Å². The summed E-state index contributed by atoms with van der Waals surface area (Å²) in [7, 11) is 2.21. The van der Waals surface area contributed by atoms with Crippen LogP contribution < -0.4 is 0 Å². The highest BCUT2D eigenvalue weighted by Gasteiger charge is 2.09. The molecule has 2 unspecified atom stereocenters. The Morgan fingerprint density at radius 2 is 0.929 bits per heavy atom. The maximum Gasteiger partial charge on any atom is 0.0542 e. The van der Waals surface area contributed by atoms with Gasteiger partial charge in [0.25, 0.3) is 0 Å². The second-order valence-electron chi connectivity index (χ2n) is 7.33. The molecule has 28 heavy (non-hydrogen) atoms. The fraction of sp³-hybridized carbons (Fsp3) is 0.455. The molecule has 0 spiro atoms. The van der Waals surface area contributed by atoms with Gasteiger partial charge in [-0.05, 0) is 52.2 Å². The van der Waals surface area contributed by atoms with E-state index in [4.69, 9.17) is 0 Å². The van der Waals surface area contributed by atoms with Gasteiger partial charge in [-0.15, -0.1) is 0 Å². The first kappa shape index (κ1) is 22.9. The van der Waals surface area contributed by atoms with Gasteiger partial charge in [0.05, 0.1) is 21.6 Å². The van der Waals surface area contributed by atoms with Crippen LogP contribution >= 0.6 is 0 Å². The van der Waals surface area contributed by atoms with Crippen molar-refractivity contribution in [2.24, 2.45) is 0 Å². The van der Waals surface area contributed by atoms with Gasteiger partial charge in [-0.3, -0.25) is 8.42 Å². The van der Waals surface area contributed by atoms with Crippen molar-refractivity contribution in [3.8, 4) is 0 Å². The van der Waals surface area contributed by atoms with Crippen molar-refractivity contribution in [1.29, 1.82) is 0 Å². The molecule has 0 amide bonds. The molecule has 0 bridgehead atoms. The van der Waals surface area contributed by atoms with E-state index in [0.717, 1.165) is 36.0 Å². The van der Waals surface area contributed by atoms with Crippen LogP contribution in [-0.4, -0.2) is 70.0 Å². The van der Waals surface area contributed by atoms with Gasteiger partial charge >= 0.3 is 0 Å². The molecule has 0 saturated heterocycles. The van der Waals surface area contributed by atoms with Crippen molar-refractivity contribution in [1.82, 2.24) is 9.80 Å². The Bertz CT molecular complexity index is 709. The van der Waals surface area contributed by atoms with Gasteiger partial charge in [-0.1, -0.05) is 35.4 Å². The second kappa shape index (κ2) is 11.6. The van der Waals surface area contributed by atoms with Crippen LogP contribution in [0.15, 0.2) is 58.3 Å². The van der Waals surface area contributed by atoms with Gasteiger partial charge in [0, 0.05) is 47.5 Å². The SMILES string of the molecule is Cc1ccc(S(=O)CCN(C)CCN(C)CCS(=O)c2ccc(C)cc2)cc1. The zero-order valence-corrected chi connectivity index (χ0v) is 19.0. The predicted octanol–water partition coefficient (Wildman–Crippen LogP) is 3.08. The van der Waals surface area contributed by atoms with E-state index in [0.29, 0.717) is 11.5 Å². The van der Waals surface area contributed by atoms with E-state index in [1.807, 2.05) is 62.4 Å². The fourth-order valence-corrected chi connectivity index (χ4v) is 4.96. The van der Waals surface area contributed by atoms with E-state index >= 15 is 0 Å². The Hall–Kier alpha value is -1.34. The first-order valence-corrected chi connectivity index (χ1v) is 12.3. The Balaban J connectivity index is 1.65. The molecule has 2 rings (SSSR count). The van der Waals surface area contributed by atoms with Crippen LogP contribution in [0, 0.1) is 13.8 Å². The maximum absolute atomic E-state index is 12.4. The van der Waals surface area contributed by atoms with E-state index in [-0.39, 0.29) is 0 Å². The highest BCUT2D eigenvalue weighted by molar-refractivity contribution is 7.85. The van der Waals surface area contributed by atoms with Crippen molar-refractivity contribution in [3.05, 3.63) is 59.7 Å². The smallest absolute Gasteiger partial charge is 0.0542 e. The minimum absolute atomic E-state index is 0.640. The summed E-state index contributed by atoms with van der Waals surface area (Å²) in [4.78, 5) is 6.21. The molecule has 0 saturated carbocycles. The summed E-state index contributed by atoms with van der Waals surface area (Å²) in [6, 6.07) is 15.8. The first-order chi connectivity index (χ1) is 13.3. The van der Waals surface area contributed by atoms with Gasteiger partial charge < -0.3 is 9.80 Å². The predicted molar refractivity (Wildman–Crippen MR) is 120 cm³/mol.